The Balaban J connectivity index is 2.76. The molecule has 84 valence electrons. The van der Waals surface area contributed by atoms with Crippen molar-refractivity contribution in [1.29, 1.82) is 5.26 Å². The standard InChI is InChI=1S/C11H9N5O/c12-5-7-9(15-11(14)16-10(7)13)6-3-1-2-4-8(6)17/h1-4,17H,(H4,13,14,15,16). The van der Waals surface area contributed by atoms with Crippen LogP contribution in [0.1, 0.15) is 5.56 Å². The molecule has 0 aliphatic rings. The Morgan fingerprint density at radius 2 is 1.88 bits per heavy atom. The summed E-state index contributed by atoms with van der Waals surface area (Å²) in [4.78, 5) is 7.64. The monoisotopic (exact) mass is 227 g/mol. The van der Waals surface area contributed by atoms with Crippen molar-refractivity contribution in [3.63, 3.8) is 0 Å². The van der Waals surface area contributed by atoms with Gasteiger partial charge in [0.2, 0.25) is 5.95 Å². The van der Waals surface area contributed by atoms with Crippen molar-refractivity contribution in [2.24, 2.45) is 0 Å². The lowest BCUT2D eigenvalue weighted by molar-refractivity contribution is 0.477. The number of rotatable bonds is 1. The lowest BCUT2D eigenvalue weighted by atomic mass is 10.1. The van der Waals surface area contributed by atoms with Crippen LogP contribution >= 0.6 is 0 Å². The quantitative estimate of drug-likeness (QED) is 0.664. The highest BCUT2D eigenvalue weighted by Gasteiger charge is 2.15. The number of hydrogen-bond acceptors (Lipinski definition) is 6. The number of aromatic nitrogens is 2. The van der Waals surface area contributed by atoms with Gasteiger partial charge in [0, 0.05) is 5.56 Å². The molecule has 6 nitrogen and oxygen atoms in total. The Morgan fingerprint density at radius 1 is 1.18 bits per heavy atom. The zero-order chi connectivity index (χ0) is 12.4. The highest BCUT2D eigenvalue weighted by molar-refractivity contribution is 5.76. The summed E-state index contributed by atoms with van der Waals surface area (Å²) in [5.41, 5.74) is 11.8. The van der Waals surface area contributed by atoms with Crippen molar-refractivity contribution < 1.29 is 5.11 Å². The molecule has 0 amide bonds. The van der Waals surface area contributed by atoms with Crippen molar-refractivity contribution >= 4 is 11.8 Å². The number of aromatic hydroxyl groups is 1. The first-order valence-electron chi connectivity index (χ1n) is 4.75. The van der Waals surface area contributed by atoms with E-state index in [1.807, 2.05) is 6.07 Å². The van der Waals surface area contributed by atoms with E-state index in [1.165, 1.54) is 6.07 Å². The molecule has 1 aromatic heterocycles. The summed E-state index contributed by atoms with van der Waals surface area (Å²) < 4.78 is 0. The van der Waals surface area contributed by atoms with E-state index in [4.69, 9.17) is 16.7 Å². The first kappa shape index (κ1) is 10.7. The second-order valence-corrected chi connectivity index (χ2v) is 3.32. The molecule has 0 aliphatic carbocycles. The zero-order valence-electron chi connectivity index (χ0n) is 8.75. The minimum Gasteiger partial charge on any atom is -0.507 e. The zero-order valence-corrected chi connectivity index (χ0v) is 8.75. The summed E-state index contributed by atoms with van der Waals surface area (Å²) >= 11 is 0. The molecular weight excluding hydrogens is 218 g/mol. The Morgan fingerprint density at radius 3 is 2.53 bits per heavy atom. The van der Waals surface area contributed by atoms with Gasteiger partial charge in [0.25, 0.3) is 0 Å². The number of nitrogens with zero attached hydrogens (tertiary/aromatic N) is 3. The van der Waals surface area contributed by atoms with E-state index in [9.17, 15) is 5.11 Å². The highest BCUT2D eigenvalue weighted by Crippen LogP contribution is 2.31. The lowest BCUT2D eigenvalue weighted by Crippen LogP contribution is -2.04. The SMILES string of the molecule is N#Cc1c(N)nc(N)nc1-c1ccccc1O. The van der Waals surface area contributed by atoms with Gasteiger partial charge in [0.15, 0.2) is 0 Å². The lowest BCUT2D eigenvalue weighted by Gasteiger charge is -2.07. The molecule has 17 heavy (non-hydrogen) atoms. The predicted octanol–water partition coefficient (Wildman–Crippen LogP) is 0.885. The van der Waals surface area contributed by atoms with Gasteiger partial charge < -0.3 is 16.6 Å². The summed E-state index contributed by atoms with van der Waals surface area (Å²) in [6.45, 7) is 0. The van der Waals surface area contributed by atoms with Gasteiger partial charge in [-0.1, -0.05) is 12.1 Å². The number of benzene rings is 1. The largest absolute Gasteiger partial charge is 0.507 e. The maximum absolute atomic E-state index is 9.71. The summed E-state index contributed by atoms with van der Waals surface area (Å²) in [6.07, 6.45) is 0. The smallest absolute Gasteiger partial charge is 0.222 e. The average Bonchev–Trinajstić information content (AvgIpc) is 2.28. The molecule has 1 aromatic carbocycles. The normalized spacial score (nSPS) is 9.82. The minimum atomic E-state index is -0.0419. The summed E-state index contributed by atoms with van der Waals surface area (Å²) in [5.74, 6) is -0.0421. The van der Waals surface area contributed by atoms with E-state index >= 15 is 0 Å². The van der Waals surface area contributed by atoms with E-state index in [0.717, 1.165) is 0 Å². The van der Waals surface area contributed by atoms with Crippen LogP contribution in [0.5, 0.6) is 5.75 Å². The topological polar surface area (TPSA) is 122 Å². The van der Waals surface area contributed by atoms with Gasteiger partial charge in [-0.2, -0.15) is 10.2 Å². The van der Waals surface area contributed by atoms with Crippen molar-refractivity contribution in [2.75, 3.05) is 11.5 Å². The van der Waals surface area contributed by atoms with Crippen molar-refractivity contribution in [1.82, 2.24) is 9.97 Å². The van der Waals surface area contributed by atoms with Crippen LogP contribution in [0.3, 0.4) is 0 Å². The van der Waals surface area contributed by atoms with Gasteiger partial charge in [-0.05, 0) is 12.1 Å². The molecule has 0 saturated heterocycles. The van der Waals surface area contributed by atoms with Gasteiger partial charge in [-0.3, -0.25) is 0 Å². The molecule has 1 heterocycles. The maximum atomic E-state index is 9.71. The Bertz CT molecular complexity index is 618. The number of phenolic OH excluding ortho intramolecular Hbond substituents is 1. The summed E-state index contributed by atoms with van der Waals surface area (Å²) in [7, 11) is 0. The van der Waals surface area contributed by atoms with Crippen LogP contribution in [0, 0.1) is 11.3 Å². The third-order valence-electron chi connectivity index (χ3n) is 2.23. The summed E-state index contributed by atoms with van der Waals surface area (Å²) in [5, 5.41) is 18.7. The van der Waals surface area contributed by atoms with Gasteiger partial charge in [-0.15, -0.1) is 0 Å². The molecule has 0 aliphatic heterocycles. The number of nitriles is 1. The maximum Gasteiger partial charge on any atom is 0.222 e. The molecule has 0 saturated carbocycles. The minimum absolute atomic E-state index is 0.00139. The van der Waals surface area contributed by atoms with Gasteiger partial charge in [-0.25, -0.2) is 4.98 Å². The van der Waals surface area contributed by atoms with Gasteiger partial charge in [0.05, 0.1) is 5.69 Å². The fourth-order valence-electron chi connectivity index (χ4n) is 1.48. The fourth-order valence-corrected chi connectivity index (χ4v) is 1.48. The Labute approximate surface area is 97.2 Å². The van der Waals surface area contributed by atoms with E-state index in [-0.39, 0.29) is 28.8 Å². The van der Waals surface area contributed by atoms with E-state index in [2.05, 4.69) is 9.97 Å². The number of nitrogen functional groups attached to an aromatic ring is 2. The Kier molecular flexibility index (Phi) is 2.51. The molecule has 0 radical (unpaired) electrons. The number of nitrogens with two attached hydrogens (primary N) is 2. The van der Waals surface area contributed by atoms with Gasteiger partial charge >= 0.3 is 0 Å². The van der Waals surface area contributed by atoms with Crippen molar-refractivity contribution in [3.05, 3.63) is 29.8 Å². The van der Waals surface area contributed by atoms with Gasteiger partial charge in [0.1, 0.15) is 23.2 Å². The first-order chi connectivity index (χ1) is 8.13. The van der Waals surface area contributed by atoms with Crippen molar-refractivity contribution in [2.45, 2.75) is 0 Å². The van der Waals surface area contributed by atoms with Crippen LogP contribution in [-0.2, 0) is 0 Å². The molecule has 5 N–H and O–H groups in total. The highest BCUT2D eigenvalue weighted by atomic mass is 16.3. The average molecular weight is 227 g/mol. The molecule has 0 bridgehead atoms. The third-order valence-corrected chi connectivity index (χ3v) is 2.23. The molecule has 0 fully saturated rings. The Hall–Kier alpha value is -2.81. The van der Waals surface area contributed by atoms with Crippen LogP contribution in [-0.4, -0.2) is 15.1 Å². The summed E-state index contributed by atoms with van der Waals surface area (Å²) in [6, 6.07) is 8.39. The van der Waals surface area contributed by atoms with Crippen LogP contribution in [0.2, 0.25) is 0 Å². The van der Waals surface area contributed by atoms with E-state index < -0.39 is 0 Å². The predicted molar refractivity (Wildman–Crippen MR) is 62.7 cm³/mol. The molecule has 2 aromatic rings. The van der Waals surface area contributed by atoms with Crippen molar-refractivity contribution in [3.8, 4) is 23.1 Å². The molecule has 6 heteroatoms. The number of para-hydroxylation sites is 1. The van der Waals surface area contributed by atoms with E-state index in [0.29, 0.717) is 5.56 Å². The van der Waals surface area contributed by atoms with Crippen LogP contribution in [0.4, 0.5) is 11.8 Å². The van der Waals surface area contributed by atoms with Crippen LogP contribution in [0.15, 0.2) is 24.3 Å². The molecule has 0 unspecified atom stereocenters. The molecule has 0 atom stereocenters. The molecular formula is C11H9N5O. The second-order valence-electron chi connectivity index (χ2n) is 3.32. The van der Waals surface area contributed by atoms with E-state index in [1.54, 1.807) is 18.2 Å². The third kappa shape index (κ3) is 1.81. The number of hydrogen-bond donors (Lipinski definition) is 3. The second kappa shape index (κ2) is 3.98. The number of phenols is 1. The molecule has 2 rings (SSSR count). The molecule has 0 spiro atoms. The first-order valence-corrected chi connectivity index (χ1v) is 4.75. The van der Waals surface area contributed by atoms with Crippen LogP contribution < -0.4 is 11.5 Å². The number of anilines is 2. The fraction of sp³-hybridized carbons (Fsp3) is 0. The van der Waals surface area contributed by atoms with Crippen LogP contribution in [0.25, 0.3) is 11.3 Å².